The highest BCUT2D eigenvalue weighted by Crippen LogP contribution is 2.29. The second-order valence-corrected chi connectivity index (χ2v) is 6.57. The van der Waals surface area contributed by atoms with Crippen LogP contribution in [-0.2, 0) is 19.4 Å². The van der Waals surface area contributed by atoms with Gasteiger partial charge < -0.3 is 15.2 Å². The molecule has 7 heteroatoms. The number of carboxylic acids is 1. The number of sulfone groups is 1. The first-order chi connectivity index (χ1) is 8.85. The second kappa shape index (κ2) is 4.82. The number of anilines is 1. The van der Waals surface area contributed by atoms with Crippen LogP contribution in [0.5, 0.6) is 0 Å². The Bertz CT molecular complexity index is 590. The molecule has 0 amide bonds. The molecule has 1 heterocycles. The molecular formula is C12H15NO5S. The molecule has 1 atom stereocenters. The summed E-state index contributed by atoms with van der Waals surface area (Å²) in [6.45, 7) is 0.348. The van der Waals surface area contributed by atoms with E-state index in [4.69, 9.17) is 4.74 Å². The number of hydrogen-bond donors (Lipinski definition) is 2. The molecule has 1 aliphatic heterocycles. The highest BCUT2D eigenvalue weighted by atomic mass is 32.2. The van der Waals surface area contributed by atoms with Crippen LogP contribution in [0, 0.1) is 0 Å². The van der Waals surface area contributed by atoms with Crippen molar-refractivity contribution in [2.75, 3.05) is 24.8 Å². The average molecular weight is 285 g/mol. The van der Waals surface area contributed by atoms with Gasteiger partial charge in [-0.2, -0.15) is 0 Å². The Morgan fingerprint density at radius 1 is 1.42 bits per heavy atom. The summed E-state index contributed by atoms with van der Waals surface area (Å²) in [7, 11) is -3.42. The first kappa shape index (κ1) is 13.8. The highest BCUT2D eigenvalue weighted by Gasteiger charge is 2.43. The Hall–Kier alpha value is -1.60. The van der Waals surface area contributed by atoms with Crippen LogP contribution in [0.1, 0.15) is 6.42 Å². The largest absolute Gasteiger partial charge is 0.479 e. The van der Waals surface area contributed by atoms with Crippen molar-refractivity contribution in [3.63, 3.8) is 0 Å². The molecule has 2 rings (SSSR count). The maximum atomic E-state index is 11.7. The van der Waals surface area contributed by atoms with Gasteiger partial charge in [0.05, 0.1) is 17.2 Å². The predicted molar refractivity (Wildman–Crippen MR) is 69.0 cm³/mol. The molecule has 0 aliphatic carbocycles. The number of ether oxygens (including phenoxy) is 1. The highest BCUT2D eigenvalue weighted by molar-refractivity contribution is 7.90. The number of aliphatic carboxylic acids is 1. The van der Waals surface area contributed by atoms with E-state index in [0.29, 0.717) is 13.0 Å². The average Bonchev–Trinajstić information content (AvgIpc) is 2.78. The molecule has 0 saturated carbocycles. The molecule has 0 bridgehead atoms. The van der Waals surface area contributed by atoms with Gasteiger partial charge in [-0.15, -0.1) is 0 Å². The predicted octanol–water partition coefficient (Wildman–Crippen LogP) is 0.746. The molecule has 1 unspecified atom stereocenters. The number of hydrogen-bond acceptors (Lipinski definition) is 5. The van der Waals surface area contributed by atoms with Crippen molar-refractivity contribution in [3.05, 3.63) is 24.3 Å². The maximum absolute atomic E-state index is 11.7. The Labute approximate surface area is 111 Å². The summed E-state index contributed by atoms with van der Waals surface area (Å²) in [4.78, 5) is 11.5. The summed E-state index contributed by atoms with van der Waals surface area (Å²) in [5.41, 5.74) is -0.973. The van der Waals surface area contributed by atoms with E-state index < -0.39 is 21.3 Å². The minimum absolute atomic E-state index is 0.0143. The number of carbonyl (C=O) groups is 1. The molecule has 19 heavy (non-hydrogen) atoms. The van der Waals surface area contributed by atoms with Crippen LogP contribution < -0.4 is 5.32 Å². The van der Waals surface area contributed by atoms with E-state index in [1.165, 1.54) is 6.07 Å². The molecule has 1 aromatic carbocycles. The zero-order valence-electron chi connectivity index (χ0n) is 10.4. The molecule has 1 fully saturated rings. The lowest BCUT2D eigenvalue weighted by Crippen LogP contribution is -2.47. The zero-order valence-corrected chi connectivity index (χ0v) is 11.2. The van der Waals surface area contributed by atoms with Crippen LogP contribution in [0.3, 0.4) is 0 Å². The fourth-order valence-corrected chi connectivity index (χ4v) is 2.88. The Morgan fingerprint density at radius 3 is 2.63 bits per heavy atom. The van der Waals surface area contributed by atoms with Crippen LogP contribution in [0.15, 0.2) is 29.2 Å². The first-order valence-corrected chi connectivity index (χ1v) is 7.63. The molecule has 0 spiro atoms. The first-order valence-electron chi connectivity index (χ1n) is 5.74. The third-order valence-electron chi connectivity index (χ3n) is 3.09. The van der Waals surface area contributed by atoms with Crippen LogP contribution in [0.25, 0.3) is 0 Å². The summed E-state index contributed by atoms with van der Waals surface area (Å²) in [5.74, 6) is -1.05. The van der Waals surface area contributed by atoms with Gasteiger partial charge in [0.1, 0.15) is 0 Å². The third kappa shape index (κ3) is 2.71. The van der Waals surface area contributed by atoms with E-state index in [0.717, 1.165) is 6.26 Å². The van der Waals surface area contributed by atoms with Gasteiger partial charge in [0.25, 0.3) is 0 Å². The molecule has 1 aromatic rings. The lowest BCUT2D eigenvalue weighted by molar-refractivity contribution is -0.142. The number of benzene rings is 1. The summed E-state index contributed by atoms with van der Waals surface area (Å²) < 4.78 is 28.5. The molecule has 2 N–H and O–H groups in total. The zero-order chi connectivity index (χ0) is 14.1. The van der Waals surface area contributed by atoms with E-state index in [-0.39, 0.29) is 17.2 Å². The third-order valence-corrected chi connectivity index (χ3v) is 4.25. The number of nitrogens with one attached hydrogen (secondary N) is 1. The summed E-state index contributed by atoms with van der Waals surface area (Å²) in [5, 5.41) is 12.2. The fraction of sp³-hybridized carbons (Fsp3) is 0.417. The van der Waals surface area contributed by atoms with Crippen molar-refractivity contribution >= 4 is 21.5 Å². The standard InChI is InChI=1S/C12H15NO5S/c1-19(16,17)10-5-3-2-4-9(10)13-12(11(14)15)6-7-18-8-12/h2-5,13H,6-8H2,1H3,(H,14,15). The minimum Gasteiger partial charge on any atom is -0.479 e. The minimum atomic E-state index is -3.42. The molecular weight excluding hydrogens is 270 g/mol. The van der Waals surface area contributed by atoms with Crippen molar-refractivity contribution in [3.8, 4) is 0 Å². The molecule has 1 aliphatic rings. The smallest absolute Gasteiger partial charge is 0.331 e. The fourth-order valence-electron chi connectivity index (χ4n) is 2.04. The second-order valence-electron chi connectivity index (χ2n) is 4.58. The summed E-state index contributed by atoms with van der Waals surface area (Å²) >= 11 is 0. The number of rotatable bonds is 4. The lowest BCUT2D eigenvalue weighted by atomic mass is 9.98. The SMILES string of the molecule is CS(=O)(=O)c1ccccc1NC1(C(=O)O)CCOC1. The van der Waals surface area contributed by atoms with Gasteiger partial charge in [-0.25, -0.2) is 13.2 Å². The molecule has 104 valence electrons. The topological polar surface area (TPSA) is 92.7 Å². The van der Waals surface area contributed by atoms with Gasteiger partial charge in [0.15, 0.2) is 15.4 Å². The van der Waals surface area contributed by atoms with Gasteiger partial charge >= 0.3 is 5.97 Å². The normalized spacial score (nSPS) is 23.2. The van der Waals surface area contributed by atoms with E-state index in [9.17, 15) is 18.3 Å². The Balaban J connectivity index is 2.41. The number of para-hydroxylation sites is 1. The van der Waals surface area contributed by atoms with Gasteiger partial charge in [-0.1, -0.05) is 12.1 Å². The molecule has 0 radical (unpaired) electrons. The maximum Gasteiger partial charge on any atom is 0.331 e. The molecule has 6 nitrogen and oxygen atoms in total. The number of carboxylic acid groups (broad SMARTS) is 1. The van der Waals surface area contributed by atoms with Crippen molar-refractivity contribution in [2.24, 2.45) is 0 Å². The van der Waals surface area contributed by atoms with Gasteiger partial charge in [-0.3, -0.25) is 0 Å². The van der Waals surface area contributed by atoms with Crippen LogP contribution >= 0.6 is 0 Å². The van der Waals surface area contributed by atoms with Gasteiger partial charge in [0.2, 0.25) is 0 Å². The van der Waals surface area contributed by atoms with Crippen LogP contribution in [-0.4, -0.2) is 44.5 Å². The Kier molecular flexibility index (Phi) is 3.51. The van der Waals surface area contributed by atoms with E-state index in [2.05, 4.69) is 5.32 Å². The molecule has 1 saturated heterocycles. The molecule has 0 aromatic heterocycles. The van der Waals surface area contributed by atoms with Crippen LogP contribution in [0.4, 0.5) is 5.69 Å². The summed E-state index contributed by atoms with van der Waals surface area (Å²) in [6, 6.07) is 6.25. The van der Waals surface area contributed by atoms with Crippen molar-refractivity contribution in [1.29, 1.82) is 0 Å². The monoisotopic (exact) mass is 285 g/mol. The van der Waals surface area contributed by atoms with E-state index in [1.54, 1.807) is 18.2 Å². The van der Waals surface area contributed by atoms with E-state index >= 15 is 0 Å². The summed E-state index contributed by atoms with van der Waals surface area (Å²) in [6.07, 6.45) is 1.38. The lowest BCUT2D eigenvalue weighted by Gasteiger charge is -2.26. The van der Waals surface area contributed by atoms with Gasteiger partial charge in [0, 0.05) is 19.3 Å². The van der Waals surface area contributed by atoms with E-state index in [1.807, 2.05) is 0 Å². The van der Waals surface area contributed by atoms with Crippen molar-refractivity contribution in [2.45, 2.75) is 16.9 Å². The Morgan fingerprint density at radius 2 is 2.11 bits per heavy atom. The van der Waals surface area contributed by atoms with Crippen LogP contribution in [0.2, 0.25) is 0 Å². The van der Waals surface area contributed by atoms with Crippen molar-refractivity contribution < 1.29 is 23.1 Å². The van der Waals surface area contributed by atoms with Gasteiger partial charge in [-0.05, 0) is 12.1 Å². The quantitative estimate of drug-likeness (QED) is 0.848. The van der Waals surface area contributed by atoms with Crippen molar-refractivity contribution in [1.82, 2.24) is 0 Å².